The smallest absolute Gasteiger partial charge is 0.0700 e. The van der Waals surface area contributed by atoms with E-state index in [0.29, 0.717) is 12.1 Å². The van der Waals surface area contributed by atoms with Crippen molar-refractivity contribution in [3.05, 3.63) is 0 Å². The molecule has 3 nitrogen and oxygen atoms in total. The highest BCUT2D eigenvalue weighted by Gasteiger charge is 2.35. The van der Waals surface area contributed by atoms with E-state index in [-0.39, 0.29) is 0 Å². The molecule has 0 aromatic heterocycles. The summed E-state index contributed by atoms with van der Waals surface area (Å²) < 4.78 is 5.86. The molecule has 1 N–H and O–H groups in total. The Labute approximate surface area is 125 Å². The molecule has 118 valence electrons. The highest BCUT2D eigenvalue weighted by atomic mass is 16.5. The third-order valence-electron chi connectivity index (χ3n) is 5.18. The highest BCUT2D eigenvalue weighted by molar-refractivity contribution is 4.92. The maximum atomic E-state index is 5.86. The molecular weight excluding hydrogens is 248 g/mol. The van der Waals surface area contributed by atoms with Gasteiger partial charge in [-0.2, -0.15) is 0 Å². The lowest BCUT2D eigenvalue weighted by molar-refractivity contribution is -0.0581. The average molecular weight is 282 g/mol. The summed E-state index contributed by atoms with van der Waals surface area (Å²) in [5.41, 5.74) is 0. The summed E-state index contributed by atoms with van der Waals surface area (Å²) in [6, 6.07) is 1.43. The maximum Gasteiger partial charge on any atom is 0.0700 e. The molecule has 0 aromatic rings. The summed E-state index contributed by atoms with van der Waals surface area (Å²) in [5.74, 6) is 0.947. The van der Waals surface area contributed by atoms with Crippen LogP contribution in [0.25, 0.3) is 0 Å². The largest absolute Gasteiger partial charge is 0.376 e. The Kier molecular flexibility index (Phi) is 6.79. The van der Waals surface area contributed by atoms with Crippen LogP contribution >= 0.6 is 0 Å². The average Bonchev–Trinajstić information content (AvgIpc) is 2.49. The van der Waals surface area contributed by atoms with Gasteiger partial charge in [-0.3, -0.25) is 4.90 Å². The summed E-state index contributed by atoms with van der Waals surface area (Å²) in [6.07, 6.45) is 8.52. The topological polar surface area (TPSA) is 24.5 Å². The van der Waals surface area contributed by atoms with E-state index >= 15 is 0 Å². The number of morpholine rings is 1. The summed E-state index contributed by atoms with van der Waals surface area (Å²) in [7, 11) is 0. The lowest BCUT2D eigenvalue weighted by Gasteiger charge is -2.46. The Morgan fingerprint density at radius 1 is 1.20 bits per heavy atom. The van der Waals surface area contributed by atoms with Crippen LogP contribution in [-0.4, -0.2) is 49.3 Å². The second-order valence-corrected chi connectivity index (χ2v) is 6.60. The Morgan fingerprint density at radius 2 is 2.05 bits per heavy atom. The standard InChI is InChI=1S/C17H34N2O/c1-4-7-14-8-9-16(18-6-3)17(12-14)19-10-11-20-15(5-2)13-19/h14-18H,4-13H2,1-3H3. The Hall–Kier alpha value is -0.120. The molecule has 0 amide bonds. The van der Waals surface area contributed by atoms with Gasteiger partial charge in [0, 0.05) is 25.2 Å². The summed E-state index contributed by atoms with van der Waals surface area (Å²) in [6.45, 7) is 11.1. The predicted octanol–water partition coefficient (Wildman–Crippen LogP) is 3.04. The molecule has 0 aromatic carbocycles. The first-order valence-electron chi connectivity index (χ1n) is 8.87. The molecule has 1 aliphatic heterocycles. The number of rotatable bonds is 6. The highest BCUT2D eigenvalue weighted by Crippen LogP contribution is 2.32. The number of ether oxygens (including phenoxy) is 1. The van der Waals surface area contributed by atoms with Crippen LogP contribution in [-0.2, 0) is 4.74 Å². The molecule has 0 bridgehead atoms. The van der Waals surface area contributed by atoms with Gasteiger partial charge in [-0.05, 0) is 38.1 Å². The van der Waals surface area contributed by atoms with Crippen molar-refractivity contribution in [3.63, 3.8) is 0 Å². The molecule has 1 aliphatic carbocycles. The molecule has 2 rings (SSSR count). The number of nitrogens with one attached hydrogen (secondary N) is 1. The fourth-order valence-corrected chi connectivity index (χ4v) is 4.10. The Morgan fingerprint density at radius 3 is 2.75 bits per heavy atom. The van der Waals surface area contributed by atoms with E-state index in [4.69, 9.17) is 4.74 Å². The van der Waals surface area contributed by atoms with Crippen molar-refractivity contribution in [3.8, 4) is 0 Å². The second-order valence-electron chi connectivity index (χ2n) is 6.60. The van der Waals surface area contributed by atoms with Crippen LogP contribution in [0.4, 0.5) is 0 Å². The third-order valence-corrected chi connectivity index (χ3v) is 5.18. The molecular formula is C17H34N2O. The van der Waals surface area contributed by atoms with Crippen LogP contribution in [0.15, 0.2) is 0 Å². The van der Waals surface area contributed by atoms with E-state index in [0.717, 1.165) is 44.6 Å². The van der Waals surface area contributed by atoms with Crippen LogP contribution in [0.2, 0.25) is 0 Å². The van der Waals surface area contributed by atoms with Crippen molar-refractivity contribution < 1.29 is 4.74 Å². The lowest BCUT2D eigenvalue weighted by atomic mass is 9.79. The van der Waals surface area contributed by atoms with Gasteiger partial charge in [0.2, 0.25) is 0 Å². The molecule has 1 saturated heterocycles. The zero-order valence-corrected chi connectivity index (χ0v) is 13.7. The lowest BCUT2D eigenvalue weighted by Crippen LogP contribution is -2.57. The molecule has 2 aliphatic rings. The molecule has 20 heavy (non-hydrogen) atoms. The first-order valence-corrected chi connectivity index (χ1v) is 8.87. The van der Waals surface area contributed by atoms with Gasteiger partial charge in [-0.25, -0.2) is 0 Å². The molecule has 0 spiro atoms. The summed E-state index contributed by atoms with van der Waals surface area (Å²) in [4.78, 5) is 2.73. The molecule has 1 heterocycles. The normalized spacial score (nSPS) is 36.1. The number of nitrogens with zero attached hydrogens (tertiary/aromatic N) is 1. The third kappa shape index (κ3) is 4.19. The van der Waals surface area contributed by atoms with Gasteiger partial charge >= 0.3 is 0 Å². The Balaban J connectivity index is 1.98. The van der Waals surface area contributed by atoms with Crippen LogP contribution in [0, 0.1) is 5.92 Å². The fourth-order valence-electron chi connectivity index (χ4n) is 4.10. The minimum Gasteiger partial charge on any atom is -0.376 e. The molecule has 4 atom stereocenters. The fraction of sp³-hybridized carbons (Fsp3) is 1.00. The van der Waals surface area contributed by atoms with Crippen molar-refractivity contribution >= 4 is 0 Å². The van der Waals surface area contributed by atoms with Gasteiger partial charge in [0.25, 0.3) is 0 Å². The molecule has 0 radical (unpaired) electrons. The molecule has 4 unspecified atom stereocenters. The quantitative estimate of drug-likeness (QED) is 0.810. The van der Waals surface area contributed by atoms with Crippen LogP contribution in [0.3, 0.4) is 0 Å². The van der Waals surface area contributed by atoms with E-state index in [1.165, 1.54) is 32.1 Å². The van der Waals surface area contributed by atoms with E-state index in [9.17, 15) is 0 Å². The van der Waals surface area contributed by atoms with Gasteiger partial charge in [-0.1, -0.05) is 33.6 Å². The van der Waals surface area contributed by atoms with Crippen molar-refractivity contribution in [2.75, 3.05) is 26.2 Å². The predicted molar refractivity (Wildman–Crippen MR) is 85.1 cm³/mol. The molecule has 2 fully saturated rings. The van der Waals surface area contributed by atoms with Crippen molar-refractivity contribution in [2.45, 2.75) is 77.5 Å². The van der Waals surface area contributed by atoms with Crippen molar-refractivity contribution in [1.29, 1.82) is 0 Å². The van der Waals surface area contributed by atoms with E-state index in [2.05, 4.69) is 31.0 Å². The van der Waals surface area contributed by atoms with Crippen LogP contribution in [0.1, 0.15) is 59.3 Å². The number of likely N-dealkylation sites (N-methyl/N-ethyl adjacent to an activating group) is 1. The monoisotopic (exact) mass is 282 g/mol. The maximum absolute atomic E-state index is 5.86. The zero-order valence-electron chi connectivity index (χ0n) is 13.7. The van der Waals surface area contributed by atoms with E-state index in [1.54, 1.807) is 0 Å². The van der Waals surface area contributed by atoms with Gasteiger partial charge in [-0.15, -0.1) is 0 Å². The number of hydrogen-bond donors (Lipinski definition) is 1. The van der Waals surface area contributed by atoms with Crippen molar-refractivity contribution in [1.82, 2.24) is 10.2 Å². The molecule has 3 heteroatoms. The van der Waals surface area contributed by atoms with Gasteiger partial charge in [0.1, 0.15) is 0 Å². The Bertz CT molecular complexity index is 272. The zero-order chi connectivity index (χ0) is 14.4. The first-order chi connectivity index (χ1) is 9.78. The van der Waals surface area contributed by atoms with Gasteiger partial charge < -0.3 is 10.1 Å². The molecule has 1 saturated carbocycles. The summed E-state index contributed by atoms with van der Waals surface area (Å²) in [5, 5.41) is 3.74. The SMILES string of the molecule is CCCC1CCC(NCC)C(N2CCOC(CC)C2)C1. The van der Waals surface area contributed by atoms with E-state index in [1.807, 2.05) is 0 Å². The van der Waals surface area contributed by atoms with Gasteiger partial charge in [0.05, 0.1) is 12.7 Å². The summed E-state index contributed by atoms with van der Waals surface area (Å²) >= 11 is 0. The van der Waals surface area contributed by atoms with E-state index < -0.39 is 0 Å². The minimum absolute atomic E-state index is 0.456. The second kappa shape index (κ2) is 8.35. The van der Waals surface area contributed by atoms with Gasteiger partial charge in [0.15, 0.2) is 0 Å². The van der Waals surface area contributed by atoms with Crippen molar-refractivity contribution in [2.24, 2.45) is 5.92 Å². The van der Waals surface area contributed by atoms with Crippen LogP contribution < -0.4 is 5.32 Å². The van der Waals surface area contributed by atoms with Crippen LogP contribution in [0.5, 0.6) is 0 Å². The number of hydrogen-bond acceptors (Lipinski definition) is 3. The first kappa shape index (κ1) is 16.3. The minimum atomic E-state index is 0.456.